The van der Waals surface area contributed by atoms with Crippen molar-refractivity contribution in [3.8, 4) is 0 Å². The first-order valence-corrected chi connectivity index (χ1v) is 11.1. The van der Waals surface area contributed by atoms with E-state index in [0.29, 0.717) is 12.3 Å². The van der Waals surface area contributed by atoms with Gasteiger partial charge in [-0.2, -0.15) is 0 Å². The number of carbonyl (C=O) groups excluding carboxylic acids is 1. The standard InChI is InChI=1S/C18H19Cl2NO5S/c1-17(2)9-3-4-18(17)8-27(25,26)21(14(18)5-9)15(22)10-6-12(19)13(20)7-11(10)16(23)24/h6-7,9,14H,3-5,8H2,1-2H3,(H,23,24)/t9?,14?,18-/m1/s1. The molecule has 0 aromatic heterocycles. The van der Waals surface area contributed by atoms with E-state index in [4.69, 9.17) is 23.2 Å². The van der Waals surface area contributed by atoms with Crippen LogP contribution in [0.4, 0.5) is 0 Å². The number of hydrogen-bond acceptors (Lipinski definition) is 4. The van der Waals surface area contributed by atoms with Crippen molar-refractivity contribution >= 4 is 45.1 Å². The van der Waals surface area contributed by atoms with Gasteiger partial charge in [0.1, 0.15) is 0 Å². The fourth-order valence-electron chi connectivity index (χ4n) is 5.58. The highest BCUT2D eigenvalue weighted by atomic mass is 35.5. The van der Waals surface area contributed by atoms with E-state index in [-0.39, 0.29) is 32.3 Å². The summed E-state index contributed by atoms with van der Waals surface area (Å²) >= 11 is 11.9. The Bertz CT molecular complexity index is 990. The molecule has 1 amide bonds. The van der Waals surface area contributed by atoms with Crippen LogP contribution < -0.4 is 0 Å². The Hall–Kier alpha value is -1.31. The topological polar surface area (TPSA) is 91.8 Å². The second-order valence-electron chi connectivity index (χ2n) is 8.34. The molecule has 2 saturated carbocycles. The summed E-state index contributed by atoms with van der Waals surface area (Å²) in [7, 11) is -3.86. The second-order valence-corrected chi connectivity index (χ2v) is 11.0. The van der Waals surface area contributed by atoms with E-state index in [1.54, 1.807) is 0 Å². The van der Waals surface area contributed by atoms with E-state index >= 15 is 0 Å². The number of fused-ring (bicyclic) bond motifs is 1. The maximum Gasteiger partial charge on any atom is 0.336 e. The Morgan fingerprint density at radius 3 is 2.33 bits per heavy atom. The Kier molecular flexibility index (Phi) is 3.95. The SMILES string of the molecule is CC1(C)C2CC[C@]13CS(=O)(=O)N(C(=O)c1cc(Cl)c(Cl)cc1C(=O)O)C3C2. The molecule has 1 saturated heterocycles. The Balaban J connectivity index is 1.84. The third-order valence-corrected chi connectivity index (χ3v) is 9.75. The van der Waals surface area contributed by atoms with E-state index in [1.807, 2.05) is 0 Å². The Labute approximate surface area is 167 Å². The molecular weight excluding hydrogens is 413 g/mol. The number of amides is 1. The zero-order valence-electron chi connectivity index (χ0n) is 14.8. The summed E-state index contributed by atoms with van der Waals surface area (Å²) in [5.41, 5.74) is -1.27. The van der Waals surface area contributed by atoms with Crippen LogP contribution in [0.5, 0.6) is 0 Å². The number of rotatable bonds is 2. The first-order valence-electron chi connectivity index (χ1n) is 8.71. The molecule has 1 heterocycles. The summed E-state index contributed by atoms with van der Waals surface area (Å²) in [6, 6.07) is 1.79. The first kappa shape index (κ1) is 19.0. The van der Waals surface area contributed by atoms with Gasteiger partial charge in [-0.15, -0.1) is 0 Å². The highest BCUT2D eigenvalue weighted by Gasteiger charge is 2.72. The Morgan fingerprint density at radius 2 is 1.78 bits per heavy atom. The number of aromatic carboxylic acids is 1. The molecule has 9 heteroatoms. The van der Waals surface area contributed by atoms with Crippen LogP contribution in [-0.4, -0.2) is 41.5 Å². The van der Waals surface area contributed by atoms with Crippen LogP contribution in [0.2, 0.25) is 10.0 Å². The zero-order valence-corrected chi connectivity index (χ0v) is 17.2. The number of halogens is 2. The van der Waals surface area contributed by atoms with Crippen molar-refractivity contribution in [2.75, 3.05) is 5.75 Å². The summed E-state index contributed by atoms with van der Waals surface area (Å²) in [6.45, 7) is 4.16. The van der Waals surface area contributed by atoms with Gasteiger partial charge in [0.05, 0.1) is 33.0 Å². The number of nitrogens with zero attached hydrogens (tertiary/aromatic N) is 1. The molecule has 6 nitrogen and oxygen atoms in total. The lowest BCUT2D eigenvalue weighted by atomic mass is 9.69. The molecule has 27 heavy (non-hydrogen) atoms. The van der Waals surface area contributed by atoms with Crippen molar-refractivity contribution in [1.29, 1.82) is 0 Å². The molecule has 2 unspecified atom stereocenters. The van der Waals surface area contributed by atoms with Crippen LogP contribution in [0, 0.1) is 16.7 Å². The molecule has 0 radical (unpaired) electrons. The normalized spacial score (nSPS) is 32.5. The van der Waals surface area contributed by atoms with E-state index in [0.717, 1.165) is 29.3 Å². The van der Waals surface area contributed by atoms with Crippen molar-refractivity contribution in [1.82, 2.24) is 4.31 Å². The fraction of sp³-hybridized carbons (Fsp3) is 0.556. The largest absolute Gasteiger partial charge is 0.478 e. The van der Waals surface area contributed by atoms with Crippen LogP contribution in [0.15, 0.2) is 12.1 Å². The molecule has 1 aliphatic heterocycles. The minimum absolute atomic E-state index is 0.00426. The minimum Gasteiger partial charge on any atom is -0.478 e. The fourth-order valence-corrected chi connectivity index (χ4v) is 8.43. The van der Waals surface area contributed by atoms with Gasteiger partial charge in [-0.1, -0.05) is 37.0 Å². The van der Waals surface area contributed by atoms with Crippen molar-refractivity contribution < 1.29 is 23.1 Å². The molecule has 1 aromatic rings. The van der Waals surface area contributed by atoms with Crippen LogP contribution in [0.25, 0.3) is 0 Å². The number of carboxylic acids is 1. The van der Waals surface area contributed by atoms with E-state index < -0.39 is 33.4 Å². The number of carboxylic acid groups (broad SMARTS) is 1. The smallest absolute Gasteiger partial charge is 0.336 e. The van der Waals surface area contributed by atoms with Gasteiger partial charge in [0.2, 0.25) is 10.0 Å². The van der Waals surface area contributed by atoms with E-state index in [1.165, 1.54) is 0 Å². The van der Waals surface area contributed by atoms with E-state index in [9.17, 15) is 23.1 Å². The van der Waals surface area contributed by atoms with Crippen molar-refractivity contribution in [2.24, 2.45) is 16.7 Å². The van der Waals surface area contributed by atoms with Crippen molar-refractivity contribution in [2.45, 2.75) is 39.2 Å². The summed E-state index contributed by atoms with van der Waals surface area (Å²) < 4.78 is 26.9. The summed E-state index contributed by atoms with van der Waals surface area (Å²) in [6.07, 6.45) is 2.32. The van der Waals surface area contributed by atoms with Crippen LogP contribution in [0.3, 0.4) is 0 Å². The van der Waals surface area contributed by atoms with Gasteiger partial charge < -0.3 is 5.11 Å². The van der Waals surface area contributed by atoms with Crippen LogP contribution in [0.1, 0.15) is 53.8 Å². The number of benzene rings is 1. The summed E-state index contributed by atoms with van der Waals surface area (Å²) in [4.78, 5) is 24.9. The molecule has 146 valence electrons. The molecule has 2 aliphatic carbocycles. The van der Waals surface area contributed by atoms with E-state index in [2.05, 4.69) is 13.8 Å². The maximum absolute atomic E-state index is 13.3. The number of carbonyl (C=O) groups is 2. The Morgan fingerprint density at radius 1 is 1.19 bits per heavy atom. The van der Waals surface area contributed by atoms with Gasteiger partial charge in [0.25, 0.3) is 5.91 Å². The third kappa shape index (κ3) is 2.34. The molecule has 1 aromatic carbocycles. The quantitative estimate of drug-likeness (QED) is 0.770. The average molecular weight is 432 g/mol. The molecule has 2 bridgehead atoms. The highest BCUT2D eigenvalue weighted by molar-refractivity contribution is 7.90. The molecule has 4 rings (SSSR count). The molecular formula is C18H19Cl2NO5S. The number of hydrogen-bond donors (Lipinski definition) is 1. The van der Waals surface area contributed by atoms with Crippen molar-refractivity contribution in [3.05, 3.63) is 33.3 Å². The summed E-state index contributed by atoms with van der Waals surface area (Å²) in [5, 5.41) is 9.45. The lowest BCUT2D eigenvalue weighted by molar-refractivity contribution is 0.0658. The predicted octanol–water partition coefficient (Wildman–Crippen LogP) is 3.67. The minimum atomic E-state index is -3.86. The summed E-state index contributed by atoms with van der Waals surface area (Å²) in [5.74, 6) is -1.93. The lowest BCUT2D eigenvalue weighted by Gasteiger charge is -2.37. The van der Waals surface area contributed by atoms with Gasteiger partial charge in [0, 0.05) is 5.41 Å². The monoisotopic (exact) mass is 431 g/mol. The lowest BCUT2D eigenvalue weighted by Crippen LogP contribution is -2.44. The van der Waals surface area contributed by atoms with Crippen LogP contribution in [-0.2, 0) is 10.0 Å². The number of sulfonamides is 1. The highest BCUT2D eigenvalue weighted by Crippen LogP contribution is 2.70. The van der Waals surface area contributed by atoms with Gasteiger partial charge >= 0.3 is 5.97 Å². The molecule has 3 atom stereocenters. The van der Waals surface area contributed by atoms with Crippen molar-refractivity contribution in [3.63, 3.8) is 0 Å². The maximum atomic E-state index is 13.3. The average Bonchev–Trinajstić information content (AvgIpc) is 3.03. The zero-order chi connectivity index (χ0) is 19.9. The van der Waals surface area contributed by atoms with Gasteiger partial charge in [-0.25, -0.2) is 17.5 Å². The van der Waals surface area contributed by atoms with Crippen LogP contribution >= 0.6 is 23.2 Å². The molecule has 3 aliphatic rings. The molecule has 1 N–H and O–H groups in total. The predicted molar refractivity (Wildman–Crippen MR) is 101 cm³/mol. The molecule has 1 spiro atoms. The van der Waals surface area contributed by atoms with Gasteiger partial charge in [-0.3, -0.25) is 4.79 Å². The second kappa shape index (κ2) is 5.61. The van der Waals surface area contributed by atoms with Gasteiger partial charge in [-0.05, 0) is 42.7 Å². The third-order valence-electron chi connectivity index (χ3n) is 7.13. The molecule has 3 fully saturated rings. The first-order chi connectivity index (χ1) is 12.4. The van der Waals surface area contributed by atoms with Gasteiger partial charge in [0.15, 0.2) is 0 Å².